The van der Waals surface area contributed by atoms with Crippen LogP contribution < -0.4 is 9.64 Å². The van der Waals surface area contributed by atoms with E-state index in [4.69, 9.17) is 4.74 Å². The first-order valence-electron chi connectivity index (χ1n) is 9.73. The number of carbonyl (C=O) groups is 2. The number of amides is 1. The van der Waals surface area contributed by atoms with E-state index in [2.05, 4.69) is 0 Å². The molecule has 5 nitrogen and oxygen atoms in total. The van der Waals surface area contributed by atoms with Crippen molar-refractivity contribution in [2.45, 2.75) is 19.3 Å². The molecule has 0 atom stereocenters. The van der Waals surface area contributed by atoms with Crippen LogP contribution in [0.25, 0.3) is 0 Å². The Kier molecular flexibility index (Phi) is 5.47. The highest BCUT2D eigenvalue weighted by Crippen LogP contribution is 2.24. The molecule has 0 spiro atoms. The van der Waals surface area contributed by atoms with Crippen molar-refractivity contribution in [2.75, 3.05) is 37.7 Å². The first-order valence-corrected chi connectivity index (χ1v) is 9.73. The van der Waals surface area contributed by atoms with Crippen LogP contribution in [0, 0.1) is 11.6 Å². The van der Waals surface area contributed by atoms with Gasteiger partial charge in [0, 0.05) is 44.2 Å². The molecule has 0 aromatic heterocycles. The number of rotatable bonds is 6. The van der Waals surface area contributed by atoms with Crippen LogP contribution in [0.1, 0.15) is 17.5 Å². The fourth-order valence-electron chi connectivity index (χ4n) is 3.81. The maximum absolute atomic E-state index is 13.4. The van der Waals surface area contributed by atoms with Crippen LogP contribution in [0.3, 0.4) is 0 Å². The molecule has 1 amide bonds. The van der Waals surface area contributed by atoms with Gasteiger partial charge in [0.2, 0.25) is 5.91 Å². The number of fused-ring (bicyclic) bond motifs is 1. The van der Waals surface area contributed by atoms with E-state index in [1.165, 1.54) is 6.07 Å². The fraction of sp³-hybridized carbons (Fsp3) is 0.364. The summed E-state index contributed by atoms with van der Waals surface area (Å²) in [6.45, 7) is 2.29. The van der Waals surface area contributed by atoms with Gasteiger partial charge in [0.1, 0.15) is 11.5 Å². The van der Waals surface area contributed by atoms with E-state index in [9.17, 15) is 18.4 Å². The number of halogens is 2. The average Bonchev–Trinajstić information content (AvgIpc) is 3.07. The van der Waals surface area contributed by atoms with Gasteiger partial charge in [-0.3, -0.25) is 9.59 Å². The first-order chi connectivity index (χ1) is 14.0. The van der Waals surface area contributed by atoms with Gasteiger partial charge in [-0.15, -0.1) is 0 Å². The number of benzene rings is 2. The molecule has 1 aliphatic heterocycles. The number of anilines is 1. The van der Waals surface area contributed by atoms with Crippen LogP contribution in [0.15, 0.2) is 36.4 Å². The molecule has 7 heteroatoms. The minimum Gasteiger partial charge on any atom is -0.494 e. The van der Waals surface area contributed by atoms with Crippen LogP contribution in [0.4, 0.5) is 14.5 Å². The van der Waals surface area contributed by atoms with Crippen molar-refractivity contribution in [2.24, 2.45) is 0 Å². The Morgan fingerprint density at radius 3 is 2.55 bits per heavy atom. The largest absolute Gasteiger partial charge is 0.494 e. The van der Waals surface area contributed by atoms with Gasteiger partial charge in [-0.2, -0.15) is 0 Å². The molecule has 152 valence electrons. The minimum absolute atomic E-state index is 0.0444. The zero-order valence-electron chi connectivity index (χ0n) is 16.0. The molecule has 2 aromatic carbocycles. The first kappa shape index (κ1) is 19.4. The van der Waals surface area contributed by atoms with Crippen LogP contribution in [-0.2, 0) is 22.4 Å². The highest BCUT2D eigenvalue weighted by Gasteiger charge is 2.24. The lowest BCUT2D eigenvalue weighted by Gasteiger charge is -2.35. The molecule has 2 aromatic rings. The van der Waals surface area contributed by atoms with Gasteiger partial charge in [-0.05, 0) is 41.8 Å². The summed E-state index contributed by atoms with van der Waals surface area (Å²) in [7, 11) is 0. The molecule has 0 radical (unpaired) electrons. The second-order valence-corrected chi connectivity index (χ2v) is 7.43. The van der Waals surface area contributed by atoms with Crippen molar-refractivity contribution >= 4 is 17.4 Å². The smallest absolute Gasteiger partial charge is 0.242 e. The molecule has 1 aliphatic carbocycles. The summed E-state index contributed by atoms with van der Waals surface area (Å²) in [6.07, 6.45) is 1.67. The summed E-state index contributed by atoms with van der Waals surface area (Å²) in [5.41, 5.74) is 2.62. The van der Waals surface area contributed by atoms with Crippen LogP contribution in [0.5, 0.6) is 5.75 Å². The molecule has 0 unspecified atom stereocenters. The lowest BCUT2D eigenvalue weighted by atomic mass is 10.1. The SMILES string of the molecule is O=C1Cc2ccc(OCCCN3CCN(c4ccc(F)c(F)c4)CC3=O)cc2C1. The number of hydrogen-bond acceptors (Lipinski definition) is 4. The third-order valence-electron chi connectivity index (χ3n) is 5.38. The molecule has 0 bridgehead atoms. The quantitative estimate of drug-likeness (QED) is 0.700. The van der Waals surface area contributed by atoms with Crippen LogP contribution in [0.2, 0.25) is 0 Å². The number of hydrogen-bond donors (Lipinski definition) is 0. The van der Waals surface area contributed by atoms with Crippen molar-refractivity contribution in [3.8, 4) is 5.75 Å². The molecule has 1 fully saturated rings. The standard InChI is InChI=1S/C22H22F2N2O3/c23-20-5-3-17(13-21(20)24)26-8-7-25(22(28)14-26)6-1-9-29-19-4-2-15-10-18(27)11-16(15)12-19/h2-5,12-13H,1,6-11,14H2. The fourth-order valence-corrected chi connectivity index (χ4v) is 3.81. The lowest BCUT2D eigenvalue weighted by Crippen LogP contribution is -2.50. The number of nitrogens with zero attached hydrogens (tertiary/aromatic N) is 2. The highest BCUT2D eigenvalue weighted by molar-refractivity contribution is 5.88. The van der Waals surface area contributed by atoms with Crippen molar-refractivity contribution in [3.63, 3.8) is 0 Å². The zero-order valence-corrected chi connectivity index (χ0v) is 16.0. The van der Waals surface area contributed by atoms with E-state index in [1.807, 2.05) is 18.2 Å². The Morgan fingerprint density at radius 1 is 0.931 bits per heavy atom. The summed E-state index contributed by atoms with van der Waals surface area (Å²) >= 11 is 0. The van der Waals surface area contributed by atoms with Crippen molar-refractivity contribution in [1.82, 2.24) is 4.90 Å². The predicted octanol–water partition coefficient (Wildman–Crippen LogP) is 2.75. The average molecular weight is 400 g/mol. The highest BCUT2D eigenvalue weighted by atomic mass is 19.2. The number of ether oxygens (including phenoxy) is 1. The van der Waals surface area contributed by atoms with Gasteiger partial charge < -0.3 is 14.5 Å². The molecule has 29 heavy (non-hydrogen) atoms. The summed E-state index contributed by atoms with van der Waals surface area (Å²) in [4.78, 5) is 27.4. The molecule has 2 aliphatic rings. The summed E-state index contributed by atoms with van der Waals surface area (Å²) in [5.74, 6) is -0.873. The predicted molar refractivity (Wildman–Crippen MR) is 104 cm³/mol. The second kappa shape index (κ2) is 8.19. The van der Waals surface area contributed by atoms with Crippen molar-refractivity contribution in [3.05, 3.63) is 59.2 Å². The summed E-state index contributed by atoms with van der Waals surface area (Å²) in [6, 6.07) is 9.43. The van der Waals surface area contributed by atoms with Crippen molar-refractivity contribution < 1.29 is 23.1 Å². The van der Waals surface area contributed by atoms with E-state index < -0.39 is 11.6 Å². The van der Waals surface area contributed by atoms with E-state index in [0.29, 0.717) is 51.2 Å². The second-order valence-electron chi connectivity index (χ2n) is 7.43. The number of ketones is 1. The monoisotopic (exact) mass is 400 g/mol. The van der Waals surface area contributed by atoms with E-state index in [1.54, 1.807) is 9.80 Å². The topological polar surface area (TPSA) is 49.9 Å². The van der Waals surface area contributed by atoms with Gasteiger partial charge in [-0.25, -0.2) is 8.78 Å². The molecule has 1 heterocycles. The maximum atomic E-state index is 13.4. The van der Waals surface area contributed by atoms with Crippen LogP contribution >= 0.6 is 0 Å². The molecule has 0 N–H and O–H groups in total. The Balaban J connectivity index is 1.23. The Hall–Kier alpha value is -2.96. The van der Waals surface area contributed by atoms with E-state index >= 15 is 0 Å². The van der Waals surface area contributed by atoms with Crippen molar-refractivity contribution in [1.29, 1.82) is 0 Å². The van der Waals surface area contributed by atoms with Crippen LogP contribution in [-0.4, -0.2) is 49.4 Å². The summed E-state index contributed by atoms with van der Waals surface area (Å²) in [5, 5.41) is 0. The minimum atomic E-state index is -0.912. The van der Waals surface area contributed by atoms with E-state index in [-0.39, 0.29) is 18.2 Å². The number of carbonyl (C=O) groups excluding carboxylic acids is 2. The Bertz CT molecular complexity index is 948. The van der Waals surface area contributed by atoms with Gasteiger partial charge in [0.25, 0.3) is 0 Å². The molecule has 1 saturated heterocycles. The Morgan fingerprint density at radius 2 is 1.76 bits per heavy atom. The Labute approximate surface area is 167 Å². The van der Waals surface area contributed by atoms with Gasteiger partial charge in [-0.1, -0.05) is 6.07 Å². The van der Waals surface area contributed by atoms with E-state index in [0.717, 1.165) is 29.0 Å². The number of Topliss-reactive ketones (excluding diaryl/α,β-unsaturated/α-hetero) is 1. The zero-order chi connectivity index (χ0) is 20.4. The maximum Gasteiger partial charge on any atom is 0.242 e. The lowest BCUT2D eigenvalue weighted by molar-refractivity contribution is -0.131. The number of piperazine rings is 1. The normalized spacial score (nSPS) is 16.3. The molecule has 4 rings (SSSR count). The van der Waals surface area contributed by atoms with Gasteiger partial charge in [0.15, 0.2) is 11.6 Å². The van der Waals surface area contributed by atoms with Gasteiger partial charge >= 0.3 is 0 Å². The third kappa shape index (κ3) is 4.39. The molecular formula is C22H22F2N2O3. The summed E-state index contributed by atoms with van der Waals surface area (Å²) < 4.78 is 32.3. The third-order valence-corrected chi connectivity index (χ3v) is 5.38. The molecule has 0 saturated carbocycles. The molecular weight excluding hydrogens is 378 g/mol. The van der Waals surface area contributed by atoms with Gasteiger partial charge in [0.05, 0.1) is 13.2 Å².